The minimum Gasteiger partial charge on any atom is -0.311 e. The monoisotopic (exact) mass is 289 g/mol. The fourth-order valence-electron chi connectivity index (χ4n) is 3.89. The molecule has 4 heteroatoms. The third-order valence-electron chi connectivity index (χ3n) is 5.27. The molecule has 0 radical (unpaired) electrons. The van der Waals surface area contributed by atoms with Crippen molar-refractivity contribution in [3.63, 3.8) is 0 Å². The SMILES string of the molecule is CC1CCC(NC2CCC(n3ncccc3=O)CC2)CC1. The average molecular weight is 289 g/mol. The molecule has 2 aliphatic rings. The molecular formula is C17H27N3O. The number of nitrogens with one attached hydrogen (secondary N) is 1. The molecule has 0 amide bonds. The lowest BCUT2D eigenvalue weighted by Crippen LogP contribution is -2.43. The number of hydrogen-bond acceptors (Lipinski definition) is 3. The molecular weight excluding hydrogens is 262 g/mol. The maximum absolute atomic E-state index is 11.8. The fourth-order valence-corrected chi connectivity index (χ4v) is 3.89. The molecule has 0 spiro atoms. The first-order valence-corrected chi connectivity index (χ1v) is 8.52. The van der Waals surface area contributed by atoms with Gasteiger partial charge >= 0.3 is 0 Å². The van der Waals surface area contributed by atoms with Gasteiger partial charge in [-0.2, -0.15) is 5.10 Å². The Balaban J connectivity index is 1.49. The van der Waals surface area contributed by atoms with Crippen LogP contribution in [0.15, 0.2) is 23.1 Å². The first kappa shape index (κ1) is 14.8. The first-order chi connectivity index (χ1) is 10.2. The van der Waals surface area contributed by atoms with Crippen LogP contribution in [0.1, 0.15) is 64.3 Å². The molecule has 0 aromatic carbocycles. The maximum atomic E-state index is 11.8. The molecule has 3 rings (SSSR count). The van der Waals surface area contributed by atoms with E-state index in [1.54, 1.807) is 23.0 Å². The Kier molecular flexibility index (Phi) is 4.73. The summed E-state index contributed by atoms with van der Waals surface area (Å²) in [7, 11) is 0. The van der Waals surface area contributed by atoms with E-state index in [2.05, 4.69) is 17.3 Å². The van der Waals surface area contributed by atoms with Crippen molar-refractivity contribution in [2.45, 2.75) is 76.4 Å². The Morgan fingerprint density at radius 1 is 1.05 bits per heavy atom. The maximum Gasteiger partial charge on any atom is 0.266 e. The highest BCUT2D eigenvalue weighted by Crippen LogP contribution is 2.29. The van der Waals surface area contributed by atoms with Crippen LogP contribution >= 0.6 is 0 Å². The van der Waals surface area contributed by atoms with E-state index in [0.29, 0.717) is 12.1 Å². The lowest BCUT2D eigenvalue weighted by molar-refractivity contribution is 0.226. The molecule has 1 aromatic heterocycles. The van der Waals surface area contributed by atoms with Gasteiger partial charge in [0, 0.05) is 24.3 Å². The van der Waals surface area contributed by atoms with Gasteiger partial charge in [-0.25, -0.2) is 4.68 Å². The highest BCUT2D eigenvalue weighted by atomic mass is 16.1. The van der Waals surface area contributed by atoms with Crippen LogP contribution in [-0.4, -0.2) is 21.9 Å². The summed E-state index contributed by atoms with van der Waals surface area (Å²) in [6.07, 6.45) is 11.6. The summed E-state index contributed by atoms with van der Waals surface area (Å²) in [5, 5.41) is 8.09. The molecule has 2 fully saturated rings. The predicted octanol–water partition coefficient (Wildman–Crippen LogP) is 2.90. The number of nitrogens with zero attached hydrogens (tertiary/aromatic N) is 2. The van der Waals surface area contributed by atoms with Crippen LogP contribution in [0.2, 0.25) is 0 Å². The topological polar surface area (TPSA) is 46.9 Å². The molecule has 0 atom stereocenters. The zero-order valence-corrected chi connectivity index (χ0v) is 13.0. The standard InChI is InChI=1S/C17H27N3O/c1-13-4-6-14(7-5-13)19-15-8-10-16(11-9-15)20-17(21)3-2-12-18-20/h2-3,12-16,19H,4-11H2,1H3. The fraction of sp³-hybridized carbons (Fsp3) is 0.765. The predicted molar refractivity (Wildman–Crippen MR) is 84.3 cm³/mol. The molecule has 0 aliphatic heterocycles. The van der Waals surface area contributed by atoms with Crippen molar-refractivity contribution in [1.29, 1.82) is 0 Å². The van der Waals surface area contributed by atoms with Crippen molar-refractivity contribution in [3.05, 3.63) is 28.7 Å². The summed E-state index contributed by atoms with van der Waals surface area (Å²) in [5.41, 5.74) is 0.0372. The quantitative estimate of drug-likeness (QED) is 0.930. The molecule has 2 aliphatic carbocycles. The van der Waals surface area contributed by atoms with Gasteiger partial charge in [0.1, 0.15) is 0 Å². The van der Waals surface area contributed by atoms with Crippen LogP contribution in [0.3, 0.4) is 0 Å². The van der Waals surface area contributed by atoms with Crippen LogP contribution < -0.4 is 10.9 Å². The summed E-state index contributed by atoms with van der Waals surface area (Å²) in [6, 6.07) is 4.99. The van der Waals surface area contributed by atoms with E-state index < -0.39 is 0 Å². The van der Waals surface area contributed by atoms with Gasteiger partial charge in [0.2, 0.25) is 0 Å². The molecule has 1 N–H and O–H groups in total. The zero-order chi connectivity index (χ0) is 14.7. The lowest BCUT2D eigenvalue weighted by Gasteiger charge is -2.34. The normalized spacial score (nSPS) is 33.8. The molecule has 0 saturated heterocycles. The van der Waals surface area contributed by atoms with Gasteiger partial charge in [0.25, 0.3) is 5.56 Å². The van der Waals surface area contributed by atoms with Crippen molar-refractivity contribution in [2.75, 3.05) is 0 Å². The molecule has 0 bridgehead atoms. The van der Waals surface area contributed by atoms with Crippen LogP contribution in [0.5, 0.6) is 0 Å². The Bertz CT molecular complexity index is 497. The summed E-state index contributed by atoms with van der Waals surface area (Å²) in [4.78, 5) is 11.8. The highest BCUT2D eigenvalue weighted by Gasteiger charge is 2.26. The Hall–Kier alpha value is -1.16. The first-order valence-electron chi connectivity index (χ1n) is 8.52. The molecule has 21 heavy (non-hydrogen) atoms. The summed E-state index contributed by atoms with van der Waals surface area (Å²) >= 11 is 0. The van der Waals surface area contributed by atoms with Crippen molar-refractivity contribution in [2.24, 2.45) is 5.92 Å². The van der Waals surface area contributed by atoms with Crippen LogP contribution in [0.25, 0.3) is 0 Å². The number of hydrogen-bond donors (Lipinski definition) is 1. The van der Waals surface area contributed by atoms with Crippen molar-refractivity contribution >= 4 is 0 Å². The van der Waals surface area contributed by atoms with Gasteiger partial charge in [-0.3, -0.25) is 4.79 Å². The van der Waals surface area contributed by atoms with Gasteiger partial charge in [0.05, 0.1) is 6.04 Å². The molecule has 1 heterocycles. The summed E-state index contributed by atoms with van der Waals surface area (Å²) in [5.74, 6) is 0.912. The van der Waals surface area contributed by atoms with Crippen molar-refractivity contribution in [3.8, 4) is 0 Å². The summed E-state index contributed by atoms with van der Waals surface area (Å²) < 4.78 is 1.68. The van der Waals surface area contributed by atoms with E-state index in [4.69, 9.17) is 0 Å². The number of rotatable bonds is 3. The van der Waals surface area contributed by atoms with E-state index >= 15 is 0 Å². The Morgan fingerprint density at radius 2 is 1.67 bits per heavy atom. The number of aromatic nitrogens is 2. The van der Waals surface area contributed by atoms with Crippen molar-refractivity contribution in [1.82, 2.24) is 15.1 Å². The largest absolute Gasteiger partial charge is 0.311 e. The Labute approximate surface area is 126 Å². The smallest absolute Gasteiger partial charge is 0.266 e. The second-order valence-electron chi connectivity index (χ2n) is 6.94. The minimum absolute atomic E-state index is 0.0372. The van der Waals surface area contributed by atoms with Crippen LogP contribution in [0.4, 0.5) is 0 Å². The second kappa shape index (κ2) is 6.73. The molecule has 116 valence electrons. The van der Waals surface area contributed by atoms with Gasteiger partial charge in [-0.05, 0) is 63.4 Å². The highest BCUT2D eigenvalue weighted by molar-refractivity contribution is 4.89. The van der Waals surface area contributed by atoms with Gasteiger partial charge in [0.15, 0.2) is 0 Å². The third kappa shape index (κ3) is 3.73. The van der Waals surface area contributed by atoms with Crippen LogP contribution in [-0.2, 0) is 0 Å². The van der Waals surface area contributed by atoms with Crippen molar-refractivity contribution < 1.29 is 0 Å². The van der Waals surface area contributed by atoms with E-state index in [0.717, 1.165) is 24.8 Å². The Morgan fingerprint density at radius 3 is 2.29 bits per heavy atom. The summed E-state index contributed by atoms with van der Waals surface area (Å²) in [6.45, 7) is 2.37. The lowest BCUT2D eigenvalue weighted by atomic mass is 9.85. The zero-order valence-electron chi connectivity index (χ0n) is 13.0. The molecule has 2 saturated carbocycles. The van der Waals surface area contributed by atoms with E-state index in [9.17, 15) is 4.79 Å². The molecule has 1 aromatic rings. The third-order valence-corrected chi connectivity index (χ3v) is 5.27. The van der Waals surface area contributed by atoms with E-state index in [1.165, 1.54) is 38.5 Å². The average Bonchev–Trinajstić information content (AvgIpc) is 2.51. The molecule has 0 unspecified atom stereocenters. The second-order valence-corrected chi connectivity index (χ2v) is 6.94. The molecule has 4 nitrogen and oxygen atoms in total. The van der Waals surface area contributed by atoms with Gasteiger partial charge < -0.3 is 5.32 Å². The minimum atomic E-state index is 0.0372. The van der Waals surface area contributed by atoms with E-state index in [-0.39, 0.29) is 5.56 Å². The van der Waals surface area contributed by atoms with Crippen LogP contribution in [0, 0.1) is 5.92 Å². The van der Waals surface area contributed by atoms with Gasteiger partial charge in [-0.15, -0.1) is 0 Å². The van der Waals surface area contributed by atoms with E-state index in [1.807, 2.05) is 0 Å². The van der Waals surface area contributed by atoms with Gasteiger partial charge in [-0.1, -0.05) is 6.92 Å².